The molecule has 0 aliphatic rings. The van der Waals surface area contributed by atoms with Gasteiger partial charge in [0.15, 0.2) is 0 Å². The molecule has 6 heteroatoms. The van der Waals surface area contributed by atoms with E-state index in [1.807, 2.05) is 29.7 Å². The lowest BCUT2D eigenvalue weighted by Crippen LogP contribution is -2.15. The third-order valence-corrected chi connectivity index (χ3v) is 3.22. The molecule has 0 fully saturated rings. The average molecular weight is 311 g/mol. The van der Waals surface area contributed by atoms with E-state index in [1.54, 1.807) is 6.92 Å². The van der Waals surface area contributed by atoms with E-state index >= 15 is 0 Å². The number of para-hydroxylation sites is 1. The van der Waals surface area contributed by atoms with Gasteiger partial charge in [-0.3, -0.25) is 4.79 Å². The van der Waals surface area contributed by atoms with Gasteiger partial charge in [0.1, 0.15) is 23.6 Å². The van der Waals surface area contributed by atoms with E-state index in [0.717, 1.165) is 16.9 Å². The van der Waals surface area contributed by atoms with E-state index in [-0.39, 0.29) is 12.5 Å². The molecule has 0 N–H and O–H groups in total. The topological polar surface area (TPSA) is 53.4 Å². The molecule has 0 radical (unpaired) electrons. The van der Waals surface area contributed by atoms with Crippen molar-refractivity contribution in [2.24, 2.45) is 0 Å². The predicted molar refractivity (Wildman–Crippen MR) is 82.0 cm³/mol. The van der Waals surface area contributed by atoms with E-state index in [9.17, 15) is 4.79 Å². The molecule has 0 aliphatic heterocycles. The molecule has 0 atom stereocenters. The lowest BCUT2D eigenvalue weighted by molar-refractivity contribution is -0.143. The van der Waals surface area contributed by atoms with Crippen molar-refractivity contribution in [2.75, 3.05) is 19.1 Å². The van der Waals surface area contributed by atoms with Gasteiger partial charge in [-0.1, -0.05) is 6.07 Å². The number of carbonyl (C=O) groups is 1. The number of benzene rings is 1. The largest absolute Gasteiger partial charge is 0.492 e. The van der Waals surface area contributed by atoms with E-state index < -0.39 is 0 Å². The van der Waals surface area contributed by atoms with Crippen LogP contribution in [0.3, 0.4) is 0 Å². The van der Waals surface area contributed by atoms with Gasteiger partial charge in [-0.2, -0.15) is 0 Å². The number of esters is 1. The van der Waals surface area contributed by atoms with Gasteiger partial charge in [0.2, 0.25) is 0 Å². The van der Waals surface area contributed by atoms with E-state index in [1.165, 1.54) is 0 Å². The van der Waals surface area contributed by atoms with E-state index in [2.05, 4.69) is 4.98 Å². The molecule has 0 bridgehead atoms. The summed E-state index contributed by atoms with van der Waals surface area (Å²) in [6, 6.07) is 5.68. The average Bonchev–Trinajstić information content (AvgIpc) is 2.79. The van der Waals surface area contributed by atoms with Gasteiger partial charge in [0, 0.05) is 12.3 Å². The Hall–Kier alpha value is -1.75. The number of halogens is 1. The Morgan fingerprint density at radius 1 is 1.33 bits per heavy atom. The highest BCUT2D eigenvalue weighted by Gasteiger charge is 2.16. The normalized spacial score (nSPS) is 10.8. The van der Waals surface area contributed by atoms with Crippen molar-refractivity contribution in [3.05, 3.63) is 24.0 Å². The Morgan fingerprint density at radius 2 is 2.14 bits per heavy atom. The third-order valence-electron chi connectivity index (χ3n) is 3.03. The van der Waals surface area contributed by atoms with Crippen LogP contribution in [0.5, 0.6) is 5.75 Å². The van der Waals surface area contributed by atoms with Crippen molar-refractivity contribution in [1.29, 1.82) is 0 Å². The highest BCUT2D eigenvalue weighted by Crippen LogP contribution is 2.26. The van der Waals surface area contributed by atoms with Crippen LogP contribution in [0.25, 0.3) is 11.0 Å². The Balaban J connectivity index is 2.47. The van der Waals surface area contributed by atoms with Crippen LogP contribution >= 0.6 is 11.6 Å². The van der Waals surface area contributed by atoms with Crippen molar-refractivity contribution in [3.8, 4) is 5.75 Å². The Bertz CT molecular complexity index is 625. The summed E-state index contributed by atoms with van der Waals surface area (Å²) in [6.45, 7) is 4.77. The monoisotopic (exact) mass is 310 g/mol. The van der Waals surface area contributed by atoms with Crippen LogP contribution in [0.2, 0.25) is 0 Å². The lowest BCUT2D eigenvalue weighted by Gasteiger charge is -2.08. The number of ether oxygens (including phenoxy) is 2. The van der Waals surface area contributed by atoms with Crippen LogP contribution < -0.4 is 4.74 Å². The number of rotatable bonds is 7. The van der Waals surface area contributed by atoms with Crippen LogP contribution in [0, 0.1) is 0 Å². The minimum atomic E-state index is -0.283. The fourth-order valence-corrected chi connectivity index (χ4v) is 2.40. The maximum Gasteiger partial charge on any atom is 0.326 e. The minimum Gasteiger partial charge on any atom is -0.492 e. The first-order valence-corrected chi connectivity index (χ1v) is 7.57. The summed E-state index contributed by atoms with van der Waals surface area (Å²) in [4.78, 5) is 16.4. The number of carbonyl (C=O) groups excluding carboxylic acids is 1. The molecular formula is C15H19ClN2O3. The minimum absolute atomic E-state index is 0.131. The summed E-state index contributed by atoms with van der Waals surface area (Å²) in [7, 11) is 0. The highest BCUT2D eigenvalue weighted by molar-refractivity contribution is 6.17. The molecule has 0 spiro atoms. The first kappa shape index (κ1) is 15.6. The number of nitrogens with zero attached hydrogens (tertiary/aromatic N) is 2. The summed E-state index contributed by atoms with van der Waals surface area (Å²) in [5.74, 6) is 1.64. The molecule has 2 aromatic rings. The number of aryl methyl sites for hydroxylation is 1. The standard InChI is InChI=1S/C15H19ClN2O3/c1-3-20-12-7-5-6-11-15(12)17-13(8-9-16)18(11)10-14(19)21-4-2/h5-7H,3-4,8-10H2,1-2H3. The van der Waals surface area contributed by atoms with Crippen molar-refractivity contribution >= 4 is 28.6 Å². The predicted octanol–water partition coefficient (Wildman–Crippen LogP) is 2.78. The second-order valence-electron chi connectivity index (χ2n) is 4.42. The fraction of sp³-hybridized carbons (Fsp3) is 0.467. The smallest absolute Gasteiger partial charge is 0.326 e. The van der Waals surface area contributed by atoms with Gasteiger partial charge in [-0.25, -0.2) is 4.98 Å². The molecule has 2 rings (SSSR count). The molecule has 0 aliphatic carbocycles. The Morgan fingerprint density at radius 3 is 2.81 bits per heavy atom. The summed E-state index contributed by atoms with van der Waals surface area (Å²) in [5, 5.41) is 0. The van der Waals surface area contributed by atoms with Gasteiger partial charge in [0.05, 0.1) is 18.7 Å². The van der Waals surface area contributed by atoms with Crippen LogP contribution in [0.4, 0.5) is 0 Å². The van der Waals surface area contributed by atoms with Crippen LogP contribution in [0.15, 0.2) is 18.2 Å². The van der Waals surface area contributed by atoms with Gasteiger partial charge in [-0.15, -0.1) is 11.6 Å². The molecule has 21 heavy (non-hydrogen) atoms. The molecular weight excluding hydrogens is 292 g/mol. The molecule has 1 heterocycles. The zero-order chi connectivity index (χ0) is 15.2. The molecule has 1 aromatic heterocycles. The van der Waals surface area contributed by atoms with E-state index in [4.69, 9.17) is 21.1 Å². The van der Waals surface area contributed by atoms with Crippen LogP contribution in [-0.2, 0) is 22.5 Å². The maximum atomic E-state index is 11.8. The first-order valence-electron chi connectivity index (χ1n) is 7.03. The lowest BCUT2D eigenvalue weighted by atomic mass is 10.3. The van der Waals surface area contributed by atoms with Gasteiger partial charge in [0.25, 0.3) is 0 Å². The maximum absolute atomic E-state index is 11.8. The number of imidazole rings is 1. The first-order chi connectivity index (χ1) is 10.2. The Kier molecular flexibility index (Phi) is 5.44. The Labute approximate surface area is 128 Å². The summed E-state index contributed by atoms with van der Waals surface area (Å²) in [6.07, 6.45) is 0.585. The second-order valence-corrected chi connectivity index (χ2v) is 4.79. The quantitative estimate of drug-likeness (QED) is 0.583. The summed E-state index contributed by atoms with van der Waals surface area (Å²) >= 11 is 5.83. The molecule has 114 valence electrons. The number of fused-ring (bicyclic) bond motifs is 1. The number of alkyl halides is 1. The molecule has 5 nitrogen and oxygen atoms in total. The number of aromatic nitrogens is 2. The highest BCUT2D eigenvalue weighted by atomic mass is 35.5. The summed E-state index contributed by atoms with van der Waals surface area (Å²) in [5.41, 5.74) is 1.61. The van der Waals surface area contributed by atoms with Crippen molar-refractivity contribution in [3.63, 3.8) is 0 Å². The molecule has 0 unspecified atom stereocenters. The van der Waals surface area contributed by atoms with Crippen molar-refractivity contribution in [1.82, 2.24) is 9.55 Å². The van der Waals surface area contributed by atoms with Crippen LogP contribution in [-0.4, -0.2) is 34.6 Å². The number of hydrogen-bond donors (Lipinski definition) is 0. The van der Waals surface area contributed by atoms with E-state index in [0.29, 0.717) is 31.3 Å². The fourth-order valence-electron chi connectivity index (χ4n) is 2.23. The zero-order valence-electron chi connectivity index (χ0n) is 12.3. The summed E-state index contributed by atoms with van der Waals surface area (Å²) < 4.78 is 12.5. The van der Waals surface area contributed by atoms with Crippen LogP contribution in [0.1, 0.15) is 19.7 Å². The SMILES string of the molecule is CCOC(=O)Cn1c(CCCl)nc2c(OCC)cccc21. The van der Waals surface area contributed by atoms with Gasteiger partial charge >= 0.3 is 5.97 Å². The molecule has 0 saturated heterocycles. The van der Waals surface area contributed by atoms with Crippen molar-refractivity contribution in [2.45, 2.75) is 26.8 Å². The zero-order valence-corrected chi connectivity index (χ0v) is 13.0. The molecule has 0 amide bonds. The third kappa shape index (κ3) is 3.47. The second kappa shape index (κ2) is 7.31. The number of hydrogen-bond acceptors (Lipinski definition) is 4. The molecule has 0 saturated carbocycles. The van der Waals surface area contributed by atoms with Crippen molar-refractivity contribution < 1.29 is 14.3 Å². The van der Waals surface area contributed by atoms with Gasteiger partial charge in [-0.05, 0) is 26.0 Å². The molecule has 1 aromatic carbocycles. The van der Waals surface area contributed by atoms with Gasteiger partial charge < -0.3 is 14.0 Å².